The minimum Gasteiger partial charge on any atom is -0.267 e. The fourth-order valence-corrected chi connectivity index (χ4v) is 3.29. The Hall–Kier alpha value is -3.25. The van der Waals surface area contributed by atoms with Crippen molar-refractivity contribution >= 4 is 29.0 Å². The molecule has 0 aliphatic heterocycles. The highest BCUT2D eigenvalue weighted by Crippen LogP contribution is 2.27. The number of carbonyl (C=O) groups excluding carboxylic acids is 1. The largest absolute Gasteiger partial charge is 0.316 e. The Morgan fingerprint density at radius 1 is 1.11 bits per heavy atom. The first-order valence-corrected chi connectivity index (χ1v) is 8.87. The number of imidazole rings is 1. The monoisotopic (exact) mass is 398 g/mol. The number of nitrogens with one attached hydrogen (secondary N) is 2. The number of hydrogen-bond donors (Lipinski definition) is 2. The highest BCUT2D eigenvalue weighted by Gasteiger charge is 2.26. The fourth-order valence-electron chi connectivity index (χ4n) is 3.04. The third-order valence-electron chi connectivity index (χ3n) is 4.40. The van der Waals surface area contributed by atoms with Gasteiger partial charge in [0.15, 0.2) is 5.69 Å². The van der Waals surface area contributed by atoms with Crippen LogP contribution in [0, 0.1) is 18.6 Å². The van der Waals surface area contributed by atoms with Crippen LogP contribution < -0.4 is 9.72 Å². The van der Waals surface area contributed by atoms with Gasteiger partial charge in [0, 0.05) is 11.6 Å². The molecule has 0 atom stereocenters. The van der Waals surface area contributed by atoms with E-state index in [2.05, 4.69) is 10.3 Å². The molecule has 0 radical (unpaired) electrons. The van der Waals surface area contributed by atoms with Crippen LogP contribution in [0.15, 0.2) is 60.8 Å². The number of nitrogens with zero attached hydrogens (tertiary/aromatic N) is 1. The van der Waals surface area contributed by atoms with Gasteiger partial charge in [-0.05, 0) is 55.0 Å². The van der Waals surface area contributed by atoms with E-state index >= 15 is 0 Å². The van der Waals surface area contributed by atoms with Gasteiger partial charge >= 0.3 is 5.91 Å². The molecule has 2 aromatic heterocycles. The van der Waals surface area contributed by atoms with Crippen molar-refractivity contribution in [3.05, 3.63) is 88.6 Å². The second-order valence-corrected chi connectivity index (χ2v) is 6.77. The third kappa shape index (κ3) is 3.23. The van der Waals surface area contributed by atoms with Gasteiger partial charge in [-0.1, -0.05) is 17.7 Å². The Balaban J connectivity index is 1.86. The molecule has 7 heteroatoms. The van der Waals surface area contributed by atoms with E-state index in [0.717, 1.165) is 5.56 Å². The number of aromatic nitrogens is 2. The van der Waals surface area contributed by atoms with Crippen LogP contribution in [0.1, 0.15) is 15.9 Å². The predicted octanol–water partition coefficient (Wildman–Crippen LogP) is 4.91. The number of amides is 1. The first-order chi connectivity index (χ1) is 13.4. The second kappa shape index (κ2) is 7.05. The molecule has 2 heterocycles. The fraction of sp³-hybridized carbons (Fsp3) is 0.0476. The maximum absolute atomic E-state index is 14.2. The van der Waals surface area contributed by atoms with Crippen molar-refractivity contribution in [3.8, 4) is 11.3 Å². The van der Waals surface area contributed by atoms with Gasteiger partial charge in [0.2, 0.25) is 5.65 Å². The van der Waals surface area contributed by atoms with Crippen molar-refractivity contribution in [2.75, 3.05) is 5.32 Å². The number of pyridine rings is 1. The molecule has 0 saturated heterocycles. The number of carbonyl (C=O) groups is 1. The highest BCUT2D eigenvalue weighted by atomic mass is 35.5. The molecule has 0 aliphatic carbocycles. The SMILES string of the molecule is Cc1cc[n+]2c(NC(=O)c3c(F)cccc3Cl)c(-c3ccc(F)cc3)[nH]c2c1. The lowest BCUT2D eigenvalue weighted by Gasteiger charge is -2.05. The van der Waals surface area contributed by atoms with Crippen molar-refractivity contribution in [2.24, 2.45) is 0 Å². The van der Waals surface area contributed by atoms with Gasteiger partial charge in [0.1, 0.15) is 17.2 Å². The quantitative estimate of drug-likeness (QED) is 0.473. The van der Waals surface area contributed by atoms with Gasteiger partial charge < -0.3 is 0 Å². The predicted molar refractivity (Wildman–Crippen MR) is 103 cm³/mol. The molecule has 1 amide bonds. The zero-order chi connectivity index (χ0) is 19.8. The topological polar surface area (TPSA) is 49.0 Å². The summed E-state index contributed by atoms with van der Waals surface area (Å²) in [5, 5.41) is 2.75. The van der Waals surface area contributed by atoms with Crippen molar-refractivity contribution < 1.29 is 18.0 Å². The zero-order valence-electron chi connectivity index (χ0n) is 14.8. The van der Waals surface area contributed by atoms with Gasteiger partial charge in [-0.15, -0.1) is 0 Å². The molecule has 0 spiro atoms. The highest BCUT2D eigenvalue weighted by molar-refractivity contribution is 6.34. The molecule has 28 heavy (non-hydrogen) atoms. The van der Waals surface area contributed by atoms with Crippen LogP contribution in [0.25, 0.3) is 16.9 Å². The molecular formula is C21H15ClF2N3O+. The molecule has 140 valence electrons. The second-order valence-electron chi connectivity index (χ2n) is 6.37. The van der Waals surface area contributed by atoms with Crippen molar-refractivity contribution in [1.82, 2.24) is 4.98 Å². The summed E-state index contributed by atoms with van der Waals surface area (Å²) >= 11 is 6.02. The maximum atomic E-state index is 14.2. The minimum absolute atomic E-state index is 0.0153. The number of fused-ring (bicyclic) bond motifs is 1. The molecule has 0 aliphatic rings. The number of rotatable bonds is 3. The lowest BCUT2D eigenvalue weighted by Crippen LogP contribution is -2.27. The van der Waals surface area contributed by atoms with E-state index < -0.39 is 11.7 Å². The summed E-state index contributed by atoms with van der Waals surface area (Å²) in [5.41, 5.74) is 2.72. The number of hydrogen-bond acceptors (Lipinski definition) is 1. The number of H-pyrrole nitrogens is 1. The van der Waals surface area contributed by atoms with E-state index in [1.807, 2.05) is 19.1 Å². The summed E-state index contributed by atoms with van der Waals surface area (Å²) in [6.07, 6.45) is 1.78. The van der Waals surface area contributed by atoms with E-state index in [-0.39, 0.29) is 16.4 Å². The Morgan fingerprint density at radius 3 is 2.57 bits per heavy atom. The molecule has 2 N–H and O–H groups in total. The molecule has 0 saturated carbocycles. The average Bonchev–Trinajstić information content (AvgIpc) is 2.99. The Labute approximate surface area is 164 Å². The van der Waals surface area contributed by atoms with Gasteiger partial charge in [0.05, 0.1) is 11.2 Å². The van der Waals surface area contributed by atoms with Crippen LogP contribution in [0.4, 0.5) is 14.6 Å². The van der Waals surface area contributed by atoms with Crippen molar-refractivity contribution in [3.63, 3.8) is 0 Å². The molecular weight excluding hydrogens is 384 g/mol. The van der Waals surface area contributed by atoms with Crippen LogP contribution in [0.3, 0.4) is 0 Å². The van der Waals surface area contributed by atoms with E-state index in [4.69, 9.17) is 11.6 Å². The first-order valence-electron chi connectivity index (χ1n) is 8.49. The smallest absolute Gasteiger partial charge is 0.267 e. The number of aryl methyl sites for hydroxylation is 1. The molecule has 0 unspecified atom stereocenters. The molecule has 4 nitrogen and oxygen atoms in total. The van der Waals surface area contributed by atoms with Crippen molar-refractivity contribution in [2.45, 2.75) is 6.92 Å². The van der Waals surface area contributed by atoms with Crippen LogP contribution in [-0.4, -0.2) is 10.9 Å². The molecule has 0 bridgehead atoms. The molecule has 4 aromatic rings. The zero-order valence-corrected chi connectivity index (χ0v) is 15.5. The van der Waals surface area contributed by atoms with Gasteiger partial charge in [0.25, 0.3) is 5.82 Å². The number of benzene rings is 2. The molecule has 2 aromatic carbocycles. The summed E-state index contributed by atoms with van der Waals surface area (Å²) < 4.78 is 29.2. The van der Waals surface area contributed by atoms with E-state index in [1.54, 1.807) is 22.7 Å². The summed E-state index contributed by atoms with van der Waals surface area (Å²) in [6, 6.07) is 13.7. The van der Waals surface area contributed by atoms with Crippen molar-refractivity contribution in [1.29, 1.82) is 0 Å². The average molecular weight is 399 g/mol. The third-order valence-corrected chi connectivity index (χ3v) is 4.71. The number of halogens is 3. The first kappa shape index (κ1) is 18.1. The summed E-state index contributed by atoms with van der Waals surface area (Å²) in [6.45, 7) is 1.94. The Morgan fingerprint density at radius 2 is 1.86 bits per heavy atom. The van der Waals surface area contributed by atoms with Gasteiger partial charge in [-0.25, -0.2) is 18.5 Å². The van der Waals surface area contributed by atoms with Crippen LogP contribution in [0.2, 0.25) is 5.02 Å². The van der Waals surface area contributed by atoms with E-state index in [9.17, 15) is 13.6 Å². The van der Waals surface area contributed by atoms with Gasteiger partial charge in [-0.2, -0.15) is 0 Å². The number of aromatic amines is 1. The summed E-state index contributed by atoms with van der Waals surface area (Å²) in [4.78, 5) is 16.0. The summed E-state index contributed by atoms with van der Waals surface area (Å²) in [5.74, 6) is -1.37. The van der Waals surface area contributed by atoms with Gasteiger partial charge in [-0.3, -0.25) is 9.78 Å². The lowest BCUT2D eigenvalue weighted by atomic mass is 10.1. The standard InChI is InChI=1S/C21H14ClF2N3O/c1-12-9-10-27-17(11-12)25-19(13-5-7-14(23)8-6-13)20(27)26-21(28)18-15(22)3-2-4-16(18)24/h2-11H,1H3,(H,26,28)/p+1. The van der Waals surface area contributed by atoms with E-state index in [0.29, 0.717) is 22.7 Å². The Bertz CT molecular complexity index is 1180. The molecule has 0 fully saturated rings. The van der Waals surface area contributed by atoms with Crippen LogP contribution >= 0.6 is 11.6 Å². The maximum Gasteiger partial charge on any atom is 0.316 e. The minimum atomic E-state index is -0.714. The number of anilines is 1. The van der Waals surface area contributed by atoms with Crippen LogP contribution in [-0.2, 0) is 0 Å². The normalized spacial score (nSPS) is 11.0. The van der Waals surface area contributed by atoms with Crippen LogP contribution in [0.5, 0.6) is 0 Å². The Kier molecular flexibility index (Phi) is 4.57. The lowest BCUT2D eigenvalue weighted by molar-refractivity contribution is -0.493. The summed E-state index contributed by atoms with van der Waals surface area (Å²) in [7, 11) is 0. The molecule has 4 rings (SSSR count). The van der Waals surface area contributed by atoms with E-state index in [1.165, 1.54) is 30.3 Å².